The van der Waals surface area contributed by atoms with Gasteiger partial charge in [-0.2, -0.15) is 0 Å². The summed E-state index contributed by atoms with van der Waals surface area (Å²) >= 11 is 0. The number of phenols is 2. The van der Waals surface area contributed by atoms with Gasteiger partial charge in [0.05, 0.1) is 13.2 Å². The summed E-state index contributed by atoms with van der Waals surface area (Å²) in [6.45, 7) is -0.250. The average molecular weight is 250 g/mol. The predicted octanol–water partition coefficient (Wildman–Crippen LogP) is 1.76. The summed E-state index contributed by atoms with van der Waals surface area (Å²) in [5.74, 6) is 0.644. The van der Waals surface area contributed by atoms with Crippen molar-refractivity contribution in [1.29, 1.82) is 0 Å². The number of para-hydroxylation sites is 2. The van der Waals surface area contributed by atoms with Gasteiger partial charge in [0.15, 0.2) is 0 Å². The fourth-order valence-corrected chi connectivity index (χ4v) is 0.856. The van der Waals surface area contributed by atoms with Crippen molar-refractivity contribution in [2.45, 2.75) is 0 Å². The van der Waals surface area contributed by atoms with Gasteiger partial charge in [0, 0.05) is 0 Å². The van der Waals surface area contributed by atoms with Crippen molar-refractivity contribution in [1.82, 2.24) is 0 Å². The van der Waals surface area contributed by atoms with Crippen molar-refractivity contribution in [2.75, 3.05) is 13.2 Å². The second kappa shape index (κ2) is 11.4. The molecular weight excluding hydrogens is 232 g/mol. The Morgan fingerprint density at radius 3 is 0.944 bits per heavy atom. The van der Waals surface area contributed by atoms with Crippen molar-refractivity contribution in [3.63, 3.8) is 0 Å². The molecule has 2 aromatic rings. The van der Waals surface area contributed by atoms with E-state index in [1.54, 1.807) is 48.5 Å². The first-order valence-electron chi connectivity index (χ1n) is 5.40. The Morgan fingerprint density at radius 2 is 0.833 bits per heavy atom. The summed E-state index contributed by atoms with van der Waals surface area (Å²) in [6.07, 6.45) is 0. The summed E-state index contributed by atoms with van der Waals surface area (Å²) in [5, 5.41) is 32.5. The fraction of sp³-hybridized carbons (Fsp3) is 0.143. The van der Waals surface area contributed by atoms with E-state index in [0.717, 1.165) is 0 Å². The molecule has 0 saturated carbocycles. The van der Waals surface area contributed by atoms with E-state index in [9.17, 15) is 0 Å². The van der Waals surface area contributed by atoms with Crippen molar-refractivity contribution in [3.8, 4) is 11.5 Å². The summed E-state index contributed by atoms with van der Waals surface area (Å²) in [6, 6.07) is 17.4. The molecule has 0 spiro atoms. The lowest BCUT2D eigenvalue weighted by molar-refractivity contribution is 0.186. The maximum Gasteiger partial charge on any atom is 0.115 e. The smallest absolute Gasteiger partial charge is 0.115 e. The Balaban J connectivity index is 0.000000253. The van der Waals surface area contributed by atoms with Gasteiger partial charge < -0.3 is 20.4 Å². The van der Waals surface area contributed by atoms with Crippen LogP contribution >= 0.6 is 0 Å². The van der Waals surface area contributed by atoms with Gasteiger partial charge in [-0.05, 0) is 24.3 Å². The monoisotopic (exact) mass is 250 g/mol. The lowest BCUT2D eigenvalue weighted by Crippen LogP contribution is -1.85. The molecule has 4 nitrogen and oxygen atoms in total. The van der Waals surface area contributed by atoms with E-state index in [0.29, 0.717) is 11.5 Å². The van der Waals surface area contributed by atoms with Crippen molar-refractivity contribution < 1.29 is 20.4 Å². The number of aliphatic hydroxyl groups excluding tert-OH is 2. The highest BCUT2D eigenvalue weighted by atomic mass is 16.3. The molecule has 4 N–H and O–H groups in total. The molecule has 0 saturated heterocycles. The fourth-order valence-electron chi connectivity index (χ4n) is 0.856. The van der Waals surface area contributed by atoms with Crippen LogP contribution in [0.3, 0.4) is 0 Å². The minimum absolute atomic E-state index is 0.125. The van der Waals surface area contributed by atoms with Crippen LogP contribution in [-0.4, -0.2) is 33.6 Å². The summed E-state index contributed by atoms with van der Waals surface area (Å²) in [5.41, 5.74) is 0. The largest absolute Gasteiger partial charge is 0.508 e. The van der Waals surface area contributed by atoms with E-state index in [1.165, 1.54) is 0 Å². The predicted molar refractivity (Wildman–Crippen MR) is 70.4 cm³/mol. The average Bonchev–Trinajstić information content (AvgIpc) is 2.41. The van der Waals surface area contributed by atoms with Gasteiger partial charge in [0.25, 0.3) is 0 Å². The molecule has 0 amide bonds. The first kappa shape index (κ1) is 16.0. The Labute approximate surface area is 106 Å². The number of hydrogen-bond donors (Lipinski definition) is 4. The SMILES string of the molecule is OCCO.Oc1ccccc1.Oc1ccccc1. The van der Waals surface area contributed by atoms with E-state index >= 15 is 0 Å². The van der Waals surface area contributed by atoms with Gasteiger partial charge in [0.2, 0.25) is 0 Å². The van der Waals surface area contributed by atoms with Crippen LogP contribution in [0.1, 0.15) is 0 Å². The van der Waals surface area contributed by atoms with Crippen LogP contribution in [0, 0.1) is 0 Å². The van der Waals surface area contributed by atoms with E-state index in [1.807, 2.05) is 12.1 Å². The second-order valence-corrected chi connectivity index (χ2v) is 3.12. The first-order valence-corrected chi connectivity index (χ1v) is 5.40. The molecule has 2 aromatic carbocycles. The molecule has 0 unspecified atom stereocenters. The zero-order valence-corrected chi connectivity index (χ0v) is 9.98. The lowest BCUT2D eigenvalue weighted by Gasteiger charge is -1.82. The molecule has 98 valence electrons. The van der Waals surface area contributed by atoms with Gasteiger partial charge in [-0.1, -0.05) is 36.4 Å². The molecular formula is C14H18O4. The van der Waals surface area contributed by atoms with Gasteiger partial charge in [-0.15, -0.1) is 0 Å². The number of aromatic hydroxyl groups is 2. The highest BCUT2D eigenvalue weighted by molar-refractivity contribution is 5.19. The summed E-state index contributed by atoms with van der Waals surface area (Å²) in [4.78, 5) is 0. The van der Waals surface area contributed by atoms with Crippen LogP contribution < -0.4 is 0 Å². The standard InChI is InChI=1S/2C6H6O.C2H6O2/c2*7-6-4-2-1-3-5-6;3-1-2-4/h2*1-5,7H;3-4H,1-2H2. The molecule has 0 aliphatic rings. The van der Waals surface area contributed by atoms with Crippen LogP contribution in [0.4, 0.5) is 0 Å². The zero-order valence-electron chi connectivity index (χ0n) is 9.98. The van der Waals surface area contributed by atoms with Crippen LogP contribution in [0.25, 0.3) is 0 Å². The molecule has 18 heavy (non-hydrogen) atoms. The maximum atomic E-state index is 8.63. The molecule has 0 aliphatic carbocycles. The molecule has 0 aliphatic heterocycles. The highest BCUT2D eigenvalue weighted by Gasteiger charge is 1.75. The quantitative estimate of drug-likeness (QED) is 0.621. The third-order valence-corrected chi connectivity index (χ3v) is 1.61. The Kier molecular flexibility index (Phi) is 10.1. The van der Waals surface area contributed by atoms with Gasteiger partial charge in [0.1, 0.15) is 11.5 Å². The van der Waals surface area contributed by atoms with Crippen LogP contribution in [0.15, 0.2) is 60.7 Å². The number of aliphatic hydroxyl groups is 2. The van der Waals surface area contributed by atoms with E-state index in [2.05, 4.69) is 0 Å². The Morgan fingerprint density at radius 1 is 0.556 bits per heavy atom. The van der Waals surface area contributed by atoms with E-state index < -0.39 is 0 Å². The van der Waals surface area contributed by atoms with Crippen LogP contribution in [-0.2, 0) is 0 Å². The van der Waals surface area contributed by atoms with Gasteiger partial charge in [-0.25, -0.2) is 0 Å². The minimum Gasteiger partial charge on any atom is -0.508 e. The number of phenolic OH excluding ortho intramolecular Hbond substituents is 2. The number of benzene rings is 2. The minimum atomic E-state index is -0.125. The molecule has 0 atom stereocenters. The summed E-state index contributed by atoms with van der Waals surface area (Å²) < 4.78 is 0. The third kappa shape index (κ3) is 10.5. The molecule has 0 heterocycles. The van der Waals surface area contributed by atoms with Gasteiger partial charge >= 0.3 is 0 Å². The van der Waals surface area contributed by atoms with Crippen LogP contribution in [0.2, 0.25) is 0 Å². The second-order valence-electron chi connectivity index (χ2n) is 3.12. The molecule has 0 fully saturated rings. The van der Waals surface area contributed by atoms with Crippen molar-refractivity contribution >= 4 is 0 Å². The first-order chi connectivity index (χ1) is 8.70. The topological polar surface area (TPSA) is 80.9 Å². The Bertz CT molecular complexity index is 336. The molecule has 0 bridgehead atoms. The molecule has 0 radical (unpaired) electrons. The lowest BCUT2D eigenvalue weighted by atomic mass is 10.3. The summed E-state index contributed by atoms with van der Waals surface area (Å²) in [7, 11) is 0. The van der Waals surface area contributed by atoms with E-state index in [-0.39, 0.29) is 13.2 Å². The Hall–Kier alpha value is -2.04. The van der Waals surface area contributed by atoms with Crippen molar-refractivity contribution in [3.05, 3.63) is 60.7 Å². The number of rotatable bonds is 1. The van der Waals surface area contributed by atoms with Gasteiger partial charge in [-0.3, -0.25) is 0 Å². The normalized spacial score (nSPS) is 8.33. The maximum absolute atomic E-state index is 8.63. The zero-order chi connectivity index (χ0) is 13.6. The highest BCUT2D eigenvalue weighted by Crippen LogP contribution is 2.03. The molecule has 2 rings (SSSR count). The third-order valence-electron chi connectivity index (χ3n) is 1.61. The number of hydrogen-bond acceptors (Lipinski definition) is 4. The van der Waals surface area contributed by atoms with Crippen molar-refractivity contribution in [2.24, 2.45) is 0 Å². The van der Waals surface area contributed by atoms with E-state index in [4.69, 9.17) is 20.4 Å². The van der Waals surface area contributed by atoms with Crippen LogP contribution in [0.5, 0.6) is 11.5 Å². The molecule has 4 heteroatoms. The molecule has 0 aromatic heterocycles.